The van der Waals surface area contributed by atoms with Crippen molar-refractivity contribution < 1.29 is 9.21 Å². The van der Waals surface area contributed by atoms with Gasteiger partial charge in [-0.25, -0.2) is 4.98 Å². The topological polar surface area (TPSA) is 85.3 Å². The Bertz CT molecular complexity index is 1080. The van der Waals surface area contributed by atoms with Gasteiger partial charge in [0.1, 0.15) is 11.3 Å². The van der Waals surface area contributed by atoms with Crippen molar-refractivity contribution in [1.29, 1.82) is 0 Å². The second-order valence-corrected chi connectivity index (χ2v) is 6.03. The van der Waals surface area contributed by atoms with Gasteiger partial charge in [0.15, 0.2) is 0 Å². The second-order valence-electron chi connectivity index (χ2n) is 6.03. The molecule has 26 heavy (non-hydrogen) atoms. The Morgan fingerprint density at radius 1 is 1.15 bits per heavy atom. The first-order valence-electron chi connectivity index (χ1n) is 8.23. The summed E-state index contributed by atoms with van der Waals surface area (Å²) in [4.78, 5) is 17.1. The number of aromatic nitrogens is 4. The maximum atomic E-state index is 12.6. The molecule has 0 saturated carbocycles. The van der Waals surface area contributed by atoms with E-state index in [1.54, 1.807) is 4.40 Å². The summed E-state index contributed by atoms with van der Waals surface area (Å²) < 4.78 is 7.39. The summed E-state index contributed by atoms with van der Waals surface area (Å²) in [6.45, 7) is 3.96. The highest BCUT2D eigenvalue weighted by Gasteiger charge is 2.17. The minimum atomic E-state index is -0.238. The van der Waals surface area contributed by atoms with E-state index in [9.17, 15) is 4.79 Å². The summed E-state index contributed by atoms with van der Waals surface area (Å²) in [5, 5.41) is 10.8. The van der Waals surface area contributed by atoms with Crippen LogP contribution in [0.15, 0.2) is 53.1 Å². The normalized spacial score (nSPS) is 11.0. The van der Waals surface area contributed by atoms with Crippen molar-refractivity contribution >= 4 is 11.6 Å². The number of aryl methyl sites for hydroxylation is 2. The largest absolute Gasteiger partial charge is 0.419 e. The molecule has 7 nitrogen and oxygen atoms in total. The average Bonchev–Trinajstić information content (AvgIpc) is 3.24. The smallest absolute Gasteiger partial charge is 0.270 e. The van der Waals surface area contributed by atoms with E-state index in [2.05, 4.69) is 20.5 Å². The fraction of sp³-hybridized carbons (Fsp3) is 0.158. The molecule has 4 rings (SSSR count). The van der Waals surface area contributed by atoms with Crippen molar-refractivity contribution in [2.24, 2.45) is 0 Å². The van der Waals surface area contributed by atoms with E-state index in [1.807, 2.05) is 62.5 Å². The molecule has 0 aliphatic carbocycles. The highest BCUT2D eigenvalue weighted by Crippen LogP contribution is 2.17. The second kappa shape index (κ2) is 6.44. The minimum absolute atomic E-state index is 0.150. The van der Waals surface area contributed by atoms with Crippen LogP contribution in [0.2, 0.25) is 0 Å². The van der Waals surface area contributed by atoms with Gasteiger partial charge in [0.2, 0.25) is 11.8 Å². The molecule has 0 unspecified atom stereocenters. The van der Waals surface area contributed by atoms with Gasteiger partial charge < -0.3 is 9.73 Å². The van der Waals surface area contributed by atoms with Gasteiger partial charge in [-0.3, -0.25) is 9.20 Å². The van der Waals surface area contributed by atoms with Crippen LogP contribution in [0.1, 0.15) is 27.6 Å². The number of rotatable bonds is 4. The van der Waals surface area contributed by atoms with Gasteiger partial charge in [-0.1, -0.05) is 18.2 Å². The lowest BCUT2D eigenvalue weighted by molar-refractivity contribution is 0.0940. The third-order valence-corrected chi connectivity index (χ3v) is 4.06. The van der Waals surface area contributed by atoms with Gasteiger partial charge in [0.05, 0.1) is 12.2 Å². The molecule has 3 heterocycles. The maximum absolute atomic E-state index is 12.6. The Balaban J connectivity index is 1.51. The number of carbonyl (C=O) groups is 1. The molecular formula is C19H17N5O2. The van der Waals surface area contributed by atoms with Gasteiger partial charge in [0.25, 0.3) is 5.91 Å². The summed E-state index contributed by atoms with van der Waals surface area (Å²) in [6, 6.07) is 13.4. The van der Waals surface area contributed by atoms with Crippen LogP contribution in [-0.2, 0) is 6.54 Å². The Kier molecular flexibility index (Phi) is 3.96. The van der Waals surface area contributed by atoms with E-state index >= 15 is 0 Å². The molecule has 3 aromatic heterocycles. The molecule has 0 atom stereocenters. The van der Waals surface area contributed by atoms with Crippen LogP contribution in [-0.4, -0.2) is 25.5 Å². The fourth-order valence-corrected chi connectivity index (χ4v) is 2.80. The quantitative estimate of drug-likeness (QED) is 0.613. The van der Waals surface area contributed by atoms with Crippen LogP contribution in [0.4, 0.5) is 0 Å². The number of nitrogens with one attached hydrogen (secondary N) is 1. The molecule has 0 aliphatic rings. The number of benzene rings is 1. The number of hydrogen-bond acceptors (Lipinski definition) is 5. The van der Waals surface area contributed by atoms with Crippen molar-refractivity contribution in [1.82, 2.24) is 24.9 Å². The molecule has 130 valence electrons. The Morgan fingerprint density at radius 2 is 1.96 bits per heavy atom. The number of hydrogen-bond donors (Lipinski definition) is 1. The van der Waals surface area contributed by atoms with Crippen LogP contribution < -0.4 is 5.32 Å². The van der Waals surface area contributed by atoms with Gasteiger partial charge in [-0.05, 0) is 43.7 Å². The molecule has 0 bridgehead atoms. The number of amides is 1. The summed E-state index contributed by atoms with van der Waals surface area (Å²) >= 11 is 0. The molecule has 1 aromatic carbocycles. The highest BCUT2D eigenvalue weighted by atomic mass is 16.4. The lowest BCUT2D eigenvalue weighted by Gasteiger charge is -2.04. The molecule has 0 spiro atoms. The predicted octanol–water partition coefficient (Wildman–Crippen LogP) is 2.93. The third-order valence-electron chi connectivity index (χ3n) is 4.06. The van der Waals surface area contributed by atoms with Gasteiger partial charge in [0, 0.05) is 11.8 Å². The SMILES string of the molecule is Cc1ccn2c(C(=O)NCc3nnc(-c4ccccc4)o3)c(C)nc2c1. The number of pyridine rings is 1. The molecule has 1 amide bonds. The first-order valence-corrected chi connectivity index (χ1v) is 8.23. The monoisotopic (exact) mass is 347 g/mol. The summed E-state index contributed by atoms with van der Waals surface area (Å²) in [5.74, 6) is 0.536. The molecule has 1 N–H and O–H groups in total. The fourth-order valence-electron chi connectivity index (χ4n) is 2.80. The van der Waals surface area contributed by atoms with Crippen molar-refractivity contribution in [2.75, 3.05) is 0 Å². The van der Waals surface area contributed by atoms with Crippen molar-refractivity contribution in [2.45, 2.75) is 20.4 Å². The van der Waals surface area contributed by atoms with Crippen LogP contribution in [0, 0.1) is 13.8 Å². The first kappa shape index (κ1) is 16.0. The van der Waals surface area contributed by atoms with Crippen LogP contribution in [0.5, 0.6) is 0 Å². The zero-order valence-electron chi connectivity index (χ0n) is 14.4. The standard InChI is InChI=1S/C19H17N5O2/c1-12-8-9-24-15(10-12)21-13(2)17(24)18(25)20-11-16-22-23-19(26-16)14-6-4-3-5-7-14/h3-10H,11H2,1-2H3,(H,20,25). The zero-order valence-corrected chi connectivity index (χ0v) is 14.4. The van der Waals surface area contributed by atoms with E-state index in [-0.39, 0.29) is 12.5 Å². The molecule has 0 radical (unpaired) electrons. The van der Waals surface area contributed by atoms with Crippen LogP contribution in [0.3, 0.4) is 0 Å². The Hall–Kier alpha value is -3.48. The van der Waals surface area contributed by atoms with Crippen molar-refractivity contribution in [3.05, 3.63) is 71.5 Å². The van der Waals surface area contributed by atoms with Crippen molar-refractivity contribution in [3.8, 4) is 11.5 Å². The molecule has 0 saturated heterocycles. The minimum Gasteiger partial charge on any atom is -0.419 e. The Morgan fingerprint density at radius 3 is 2.77 bits per heavy atom. The molecule has 0 aliphatic heterocycles. The number of imidazole rings is 1. The maximum Gasteiger partial charge on any atom is 0.270 e. The zero-order chi connectivity index (χ0) is 18.1. The van der Waals surface area contributed by atoms with Gasteiger partial charge in [-0.15, -0.1) is 10.2 Å². The van der Waals surface area contributed by atoms with Gasteiger partial charge in [-0.2, -0.15) is 0 Å². The Labute approximate surface area is 149 Å². The van der Waals surface area contributed by atoms with E-state index in [0.717, 1.165) is 16.8 Å². The first-order chi connectivity index (χ1) is 12.6. The molecule has 4 aromatic rings. The van der Waals surface area contributed by atoms with Gasteiger partial charge >= 0.3 is 0 Å². The number of carbonyl (C=O) groups excluding carboxylic acids is 1. The lowest BCUT2D eigenvalue weighted by atomic mass is 10.2. The third kappa shape index (κ3) is 2.95. The van der Waals surface area contributed by atoms with E-state index in [0.29, 0.717) is 23.2 Å². The van der Waals surface area contributed by atoms with Crippen LogP contribution >= 0.6 is 0 Å². The molecule has 0 fully saturated rings. The van der Waals surface area contributed by atoms with E-state index in [4.69, 9.17) is 4.42 Å². The molecule has 7 heteroatoms. The summed E-state index contributed by atoms with van der Waals surface area (Å²) in [5.41, 5.74) is 3.85. The van der Waals surface area contributed by atoms with E-state index < -0.39 is 0 Å². The predicted molar refractivity (Wildman–Crippen MR) is 95.6 cm³/mol. The lowest BCUT2D eigenvalue weighted by Crippen LogP contribution is -2.25. The molecular weight excluding hydrogens is 330 g/mol. The summed E-state index contributed by atoms with van der Waals surface area (Å²) in [7, 11) is 0. The number of nitrogens with zero attached hydrogens (tertiary/aromatic N) is 4. The highest BCUT2D eigenvalue weighted by molar-refractivity contribution is 5.94. The number of fused-ring (bicyclic) bond motifs is 1. The van der Waals surface area contributed by atoms with Crippen molar-refractivity contribution in [3.63, 3.8) is 0 Å². The average molecular weight is 347 g/mol. The van der Waals surface area contributed by atoms with Crippen LogP contribution in [0.25, 0.3) is 17.1 Å². The van der Waals surface area contributed by atoms with E-state index in [1.165, 1.54) is 0 Å². The summed E-state index contributed by atoms with van der Waals surface area (Å²) in [6.07, 6.45) is 1.85.